The van der Waals surface area contributed by atoms with Crippen LogP contribution in [0.25, 0.3) is 0 Å². The molecule has 0 radical (unpaired) electrons. The van der Waals surface area contributed by atoms with Crippen LogP contribution in [0.3, 0.4) is 0 Å². The topological polar surface area (TPSA) is 91.7 Å². The Bertz CT molecular complexity index is 237. The maximum atomic E-state index is 10.6. The first-order valence-corrected chi connectivity index (χ1v) is 5.45. The predicted octanol–water partition coefficient (Wildman–Crippen LogP) is 1.70. The zero-order valence-electron chi connectivity index (χ0n) is 9.22. The normalized spacial score (nSPS) is 12.0. The van der Waals surface area contributed by atoms with E-state index < -0.39 is 11.9 Å². The molecule has 0 aromatic carbocycles. The van der Waals surface area contributed by atoms with Crippen molar-refractivity contribution in [2.24, 2.45) is 5.92 Å². The van der Waals surface area contributed by atoms with Crippen molar-refractivity contribution >= 4 is 18.2 Å². The summed E-state index contributed by atoms with van der Waals surface area (Å²) in [5.74, 6) is -1.81. The minimum atomic E-state index is -0.851. The van der Waals surface area contributed by atoms with Gasteiger partial charge in [-0.3, -0.25) is 9.59 Å². The van der Waals surface area contributed by atoms with E-state index in [4.69, 9.17) is 10.2 Å². The highest BCUT2D eigenvalue weighted by Gasteiger charge is 2.08. The van der Waals surface area contributed by atoms with Gasteiger partial charge in [0.15, 0.2) is 0 Å². The molecule has 16 heavy (non-hydrogen) atoms. The number of carboxylic acid groups (broad SMARTS) is 2. The lowest BCUT2D eigenvalue weighted by atomic mass is 9.97. The number of carbonyl (C=O) groups excluding carboxylic acids is 1. The van der Waals surface area contributed by atoms with Crippen LogP contribution in [0.2, 0.25) is 0 Å². The average molecular weight is 230 g/mol. The molecule has 0 heterocycles. The van der Waals surface area contributed by atoms with Crippen LogP contribution in [-0.4, -0.2) is 28.4 Å². The molecule has 1 atom stereocenters. The largest absolute Gasteiger partial charge is 0.481 e. The highest BCUT2D eigenvalue weighted by molar-refractivity contribution is 5.67. The Balaban J connectivity index is 3.55. The van der Waals surface area contributed by atoms with Crippen molar-refractivity contribution in [1.29, 1.82) is 0 Å². The lowest BCUT2D eigenvalue weighted by Gasteiger charge is -2.08. The van der Waals surface area contributed by atoms with Gasteiger partial charge in [0, 0.05) is 18.8 Å². The molecule has 0 aromatic heterocycles. The minimum absolute atomic E-state index is 0.0828. The van der Waals surface area contributed by atoms with Gasteiger partial charge in [0.2, 0.25) is 0 Å². The fourth-order valence-electron chi connectivity index (χ4n) is 1.48. The highest BCUT2D eigenvalue weighted by atomic mass is 16.4. The Morgan fingerprint density at radius 3 is 1.94 bits per heavy atom. The summed E-state index contributed by atoms with van der Waals surface area (Å²) in [5.41, 5.74) is 0. The van der Waals surface area contributed by atoms with Gasteiger partial charge in [-0.25, -0.2) is 0 Å². The van der Waals surface area contributed by atoms with E-state index in [0.29, 0.717) is 32.1 Å². The van der Waals surface area contributed by atoms with Gasteiger partial charge in [0.05, 0.1) is 0 Å². The third-order valence-corrected chi connectivity index (χ3v) is 2.37. The second-order valence-corrected chi connectivity index (χ2v) is 3.82. The van der Waals surface area contributed by atoms with Crippen molar-refractivity contribution in [3.05, 3.63) is 0 Å². The summed E-state index contributed by atoms with van der Waals surface area (Å²) in [4.78, 5) is 31.1. The van der Waals surface area contributed by atoms with E-state index in [1.807, 2.05) is 0 Å². The van der Waals surface area contributed by atoms with E-state index in [1.54, 1.807) is 0 Å². The number of unbranched alkanes of at least 4 members (excludes halogenated alkanes) is 1. The number of aliphatic carboxylic acids is 2. The smallest absolute Gasteiger partial charge is 0.303 e. The molecule has 0 fully saturated rings. The molecule has 0 saturated heterocycles. The number of carbonyl (C=O) groups is 3. The molecule has 0 bridgehead atoms. The molecule has 5 heteroatoms. The molecule has 0 aliphatic carbocycles. The standard InChI is InChI=1S/C11H18O5/c12-8-9(5-3-7-11(15)16)4-1-2-6-10(13)14/h8-9H,1-7H2,(H,13,14)(H,15,16). The van der Waals surface area contributed by atoms with Crippen molar-refractivity contribution in [3.8, 4) is 0 Å². The van der Waals surface area contributed by atoms with Crippen LogP contribution in [0.1, 0.15) is 44.9 Å². The number of aldehydes is 1. The van der Waals surface area contributed by atoms with Crippen LogP contribution in [-0.2, 0) is 14.4 Å². The Hall–Kier alpha value is -1.39. The summed E-state index contributed by atoms with van der Waals surface area (Å²) in [5, 5.41) is 16.8. The fourth-order valence-corrected chi connectivity index (χ4v) is 1.48. The quantitative estimate of drug-likeness (QED) is 0.440. The van der Waals surface area contributed by atoms with E-state index in [2.05, 4.69) is 0 Å². The Labute approximate surface area is 94.5 Å². The second-order valence-electron chi connectivity index (χ2n) is 3.82. The molecule has 1 unspecified atom stereocenters. The maximum absolute atomic E-state index is 10.6. The van der Waals surface area contributed by atoms with Gasteiger partial charge in [0.1, 0.15) is 6.29 Å². The molecular formula is C11H18O5. The van der Waals surface area contributed by atoms with E-state index >= 15 is 0 Å². The van der Waals surface area contributed by atoms with Crippen LogP contribution >= 0.6 is 0 Å². The molecule has 0 amide bonds. The van der Waals surface area contributed by atoms with Crippen molar-refractivity contribution in [2.45, 2.75) is 44.9 Å². The molecule has 0 aliphatic rings. The lowest BCUT2D eigenvalue weighted by Crippen LogP contribution is -2.04. The third kappa shape index (κ3) is 9.18. The SMILES string of the molecule is O=CC(CCCCC(=O)O)CCCC(=O)O. The van der Waals surface area contributed by atoms with Crippen LogP contribution in [0, 0.1) is 5.92 Å². The van der Waals surface area contributed by atoms with Crippen LogP contribution < -0.4 is 0 Å². The van der Waals surface area contributed by atoms with Gasteiger partial charge in [-0.2, -0.15) is 0 Å². The van der Waals surface area contributed by atoms with Crippen molar-refractivity contribution in [1.82, 2.24) is 0 Å². The first kappa shape index (κ1) is 14.6. The van der Waals surface area contributed by atoms with Gasteiger partial charge in [-0.1, -0.05) is 6.42 Å². The van der Waals surface area contributed by atoms with E-state index in [-0.39, 0.29) is 18.8 Å². The summed E-state index contributed by atoms with van der Waals surface area (Å²) < 4.78 is 0. The van der Waals surface area contributed by atoms with Crippen LogP contribution in [0.5, 0.6) is 0 Å². The second kappa shape index (κ2) is 8.88. The molecule has 2 N–H and O–H groups in total. The number of hydrogen-bond donors (Lipinski definition) is 2. The molecule has 5 nitrogen and oxygen atoms in total. The predicted molar refractivity (Wildman–Crippen MR) is 57.1 cm³/mol. The first-order valence-electron chi connectivity index (χ1n) is 5.45. The van der Waals surface area contributed by atoms with Crippen molar-refractivity contribution < 1.29 is 24.6 Å². The summed E-state index contributed by atoms with van der Waals surface area (Å²) in [6, 6.07) is 0. The summed E-state index contributed by atoms with van der Waals surface area (Å²) in [7, 11) is 0. The van der Waals surface area contributed by atoms with Gasteiger partial charge in [0.25, 0.3) is 0 Å². The van der Waals surface area contributed by atoms with Gasteiger partial charge in [-0.05, 0) is 25.7 Å². The van der Waals surface area contributed by atoms with Gasteiger partial charge in [-0.15, -0.1) is 0 Å². The molecule has 92 valence electrons. The monoisotopic (exact) mass is 230 g/mol. The van der Waals surface area contributed by atoms with E-state index in [1.165, 1.54) is 0 Å². The summed E-state index contributed by atoms with van der Waals surface area (Å²) >= 11 is 0. The summed E-state index contributed by atoms with van der Waals surface area (Å²) in [6.45, 7) is 0. The summed E-state index contributed by atoms with van der Waals surface area (Å²) in [6.07, 6.45) is 4.03. The third-order valence-electron chi connectivity index (χ3n) is 2.37. The number of carboxylic acids is 2. The van der Waals surface area contributed by atoms with Gasteiger partial charge < -0.3 is 15.0 Å². The molecule has 0 saturated carbocycles. The van der Waals surface area contributed by atoms with Gasteiger partial charge >= 0.3 is 11.9 Å². The molecule has 0 spiro atoms. The fraction of sp³-hybridized carbons (Fsp3) is 0.727. The zero-order valence-corrected chi connectivity index (χ0v) is 9.22. The Morgan fingerprint density at radius 2 is 1.44 bits per heavy atom. The minimum Gasteiger partial charge on any atom is -0.481 e. The van der Waals surface area contributed by atoms with E-state index in [9.17, 15) is 14.4 Å². The number of hydrogen-bond acceptors (Lipinski definition) is 3. The van der Waals surface area contributed by atoms with Crippen LogP contribution in [0.4, 0.5) is 0 Å². The number of rotatable bonds is 10. The molecule has 0 rings (SSSR count). The molecule has 0 aliphatic heterocycles. The van der Waals surface area contributed by atoms with Crippen molar-refractivity contribution in [3.63, 3.8) is 0 Å². The van der Waals surface area contributed by atoms with Crippen LogP contribution in [0.15, 0.2) is 0 Å². The Kier molecular flexibility index (Phi) is 8.11. The van der Waals surface area contributed by atoms with E-state index in [0.717, 1.165) is 6.29 Å². The molecular weight excluding hydrogens is 212 g/mol. The first-order chi connectivity index (χ1) is 7.56. The lowest BCUT2D eigenvalue weighted by molar-refractivity contribution is -0.138. The molecule has 0 aromatic rings. The maximum Gasteiger partial charge on any atom is 0.303 e. The highest BCUT2D eigenvalue weighted by Crippen LogP contribution is 2.14. The Morgan fingerprint density at radius 1 is 0.938 bits per heavy atom. The zero-order chi connectivity index (χ0) is 12.4. The average Bonchev–Trinajstić information content (AvgIpc) is 2.20. The van der Waals surface area contributed by atoms with Crippen molar-refractivity contribution in [2.75, 3.05) is 0 Å².